The topological polar surface area (TPSA) is 68.4 Å². The van der Waals surface area contributed by atoms with Crippen LogP contribution in [0.3, 0.4) is 0 Å². The van der Waals surface area contributed by atoms with Crippen LogP contribution in [0, 0.1) is 5.41 Å². The largest absolute Gasteiger partial charge is 0.508 e. The van der Waals surface area contributed by atoms with Crippen LogP contribution in [0.1, 0.15) is 39.6 Å². The zero-order valence-corrected chi connectivity index (χ0v) is 12.3. The van der Waals surface area contributed by atoms with Crippen molar-refractivity contribution in [2.24, 2.45) is 5.41 Å². The molecule has 1 N–H and O–H groups in total. The minimum Gasteiger partial charge on any atom is -0.508 e. The molecule has 108 valence electrons. The molecule has 2 rings (SSSR count). The second-order valence-corrected chi connectivity index (χ2v) is 5.71. The second kappa shape index (κ2) is 5.63. The number of aromatic hydroxyl groups is 1. The van der Waals surface area contributed by atoms with Gasteiger partial charge in [0.2, 0.25) is 5.82 Å². The summed E-state index contributed by atoms with van der Waals surface area (Å²) in [6, 6.07) is 6.73. The highest BCUT2D eigenvalue weighted by atomic mass is 16.5. The maximum atomic E-state index is 9.49. The molecule has 0 spiro atoms. The van der Waals surface area contributed by atoms with Crippen LogP contribution in [-0.4, -0.2) is 21.9 Å². The second-order valence-electron chi connectivity index (χ2n) is 5.71. The molecule has 20 heavy (non-hydrogen) atoms. The van der Waals surface area contributed by atoms with Crippen LogP contribution in [0.5, 0.6) is 5.75 Å². The van der Waals surface area contributed by atoms with Crippen LogP contribution in [0.15, 0.2) is 28.8 Å². The summed E-state index contributed by atoms with van der Waals surface area (Å²) in [7, 11) is 0. The normalized spacial score (nSPS) is 13.4. The fraction of sp³-hybridized carbons (Fsp3) is 0.467. The Morgan fingerprint density at radius 3 is 2.70 bits per heavy atom. The van der Waals surface area contributed by atoms with Gasteiger partial charge in [0.1, 0.15) is 11.9 Å². The summed E-state index contributed by atoms with van der Waals surface area (Å²) in [5.41, 5.74) is 0.559. The molecule has 1 atom stereocenters. The molecule has 0 saturated heterocycles. The Kier molecular flexibility index (Phi) is 4.09. The number of ether oxygens (including phenoxy) is 1. The van der Waals surface area contributed by atoms with Gasteiger partial charge in [-0.15, -0.1) is 0 Å². The van der Waals surface area contributed by atoms with Gasteiger partial charge in [0.15, 0.2) is 0 Å². The van der Waals surface area contributed by atoms with Crippen molar-refractivity contribution in [3.05, 3.63) is 30.1 Å². The first kappa shape index (κ1) is 14.5. The number of hydrogen-bond acceptors (Lipinski definition) is 5. The van der Waals surface area contributed by atoms with Gasteiger partial charge < -0.3 is 14.4 Å². The molecule has 1 unspecified atom stereocenters. The molecule has 2 aromatic rings. The number of benzene rings is 1. The lowest BCUT2D eigenvalue weighted by molar-refractivity contribution is -0.0203. The molecular weight excluding hydrogens is 256 g/mol. The molecule has 1 heterocycles. The molecule has 0 amide bonds. The molecule has 0 fully saturated rings. The maximum absolute atomic E-state index is 9.49. The molecular formula is C15H20N2O3. The average molecular weight is 276 g/mol. The molecule has 1 aromatic carbocycles. The van der Waals surface area contributed by atoms with Gasteiger partial charge in [-0.3, -0.25) is 0 Å². The summed E-state index contributed by atoms with van der Waals surface area (Å²) in [5, 5.41) is 13.5. The van der Waals surface area contributed by atoms with Crippen LogP contribution < -0.4 is 0 Å². The number of rotatable bonds is 4. The number of phenolic OH excluding ortho intramolecular Hbond substituents is 1. The Morgan fingerprint density at radius 1 is 1.35 bits per heavy atom. The quantitative estimate of drug-likeness (QED) is 0.924. The van der Waals surface area contributed by atoms with Crippen molar-refractivity contribution in [2.45, 2.75) is 33.8 Å². The smallest absolute Gasteiger partial charge is 0.258 e. The average Bonchev–Trinajstić information content (AvgIpc) is 2.83. The van der Waals surface area contributed by atoms with Gasteiger partial charge in [0, 0.05) is 12.2 Å². The highest BCUT2D eigenvalue weighted by Gasteiger charge is 2.31. The van der Waals surface area contributed by atoms with Gasteiger partial charge >= 0.3 is 0 Å². The van der Waals surface area contributed by atoms with E-state index in [9.17, 15) is 5.11 Å². The summed E-state index contributed by atoms with van der Waals surface area (Å²) in [5.74, 6) is 1.07. The first-order valence-electron chi connectivity index (χ1n) is 6.66. The van der Waals surface area contributed by atoms with Gasteiger partial charge in [-0.05, 0) is 30.5 Å². The molecule has 0 radical (unpaired) electrons. The SMILES string of the molecule is CCOC(c1noc(-c2cccc(O)c2)n1)C(C)(C)C. The van der Waals surface area contributed by atoms with Crippen molar-refractivity contribution in [3.63, 3.8) is 0 Å². The third kappa shape index (κ3) is 3.17. The lowest BCUT2D eigenvalue weighted by Gasteiger charge is -2.27. The van der Waals surface area contributed by atoms with Gasteiger partial charge in [0.25, 0.3) is 5.89 Å². The first-order valence-corrected chi connectivity index (χ1v) is 6.66. The molecule has 5 heteroatoms. The van der Waals surface area contributed by atoms with Crippen LogP contribution in [0.4, 0.5) is 0 Å². The van der Waals surface area contributed by atoms with Crippen molar-refractivity contribution in [1.29, 1.82) is 0 Å². The monoisotopic (exact) mass is 276 g/mol. The molecule has 5 nitrogen and oxygen atoms in total. The zero-order chi connectivity index (χ0) is 14.8. The standard InChI is InChI=1S/C15H20N2O3/c1-5-19-12(15(2,3)4)13-16-14(20-17-13)10-7-6-8-11(18)9-10/h6-9,12,18H,5H2,1-4H3. The molecule has 0 aliphatic carbocycles. The zero-order valence-electron chi connectivity index (χ0n) is 12.3. The van der Waals surface area contributed by atoms with E-state index in [2.05, 4.69) is 30.9 Å². The first-order chi connectivity index (χ1) is 9.41. The number of aromatic nitrogens is 2. The van der Waals surface area contributed by atoms with E-state index in [0.29, 0.717) is 23.9 Å². The van der Waals surface area contributed by atoms with E-state index in [-0.39, 0.29) is 17.3 Å². The number of phenols is 1. The van der Waals surface area contributed by atoms with E-state index >= 15 is 0 Å². The third-order valence-electron chi connectivity index (χ3n) is 2.89. The number of hydrogen-bond donors (Lipinski definition) is 1. The summed E-state index contributed by atoms with van der Waals surface area (Å²) in [6.45, 7) is 8.72. The lowest BCUT2D eigenvalue weighted by atomic mass is 9.88. The Hall–Kier alpha value is -1.88. The van der Waals surface area contributed by atoms with Gasteiger partial charge in [-0.1, -0.05) is 32.0 Å². The molecule has 1 aromatic heterocycles. The third-order valence-corrected chi connectivity index (χ3v) is 2.89. The Morgan fingerprint density at radius 2 is 2.10 bits per heavy atom. The van der Waals surface area contributed by atoms with Gasteiger partial charge in [-0.2, -0.15) is 4.98 Å². The van der Waals surface area contributed by atoms with Crippen molar-refractivity contribution in [3.8, 4) is 17.2 Å². The minimum absolute atomic E-state index is 0.129. The van der Waals surface area contributed by atoms with Crippen LogP contribution in [-0.2, 0) is 4.74 Å². The Labute approximate surface area is 118 Å². The summed E-state index contributed by atoms with van der Waals surface area (Å²) in [4.78, 5) is 4.39. The molecule has 0 saturated carbocycles. The van der Waals surface area contributed by atoms with E-state index in [1.807, 2.05) is 13.0 Å². The van der Waals surface area contributed by atoms with Crippen LogP contribution in [0.25, 0.3) is 11.5 Å². The van der Waals surface area contributed by atoms with E-state index in [1.165, 1.54) is 0 Å². The maximum Gasteiger partial charge on any atom is 0.258 e. The fourth-order valence-corrected chi connectivity index (χ4v) is 1.98. The molecule has 0 aliphatic rings. The van der Waals surface area contributed by atoms with E-state index in [0.717, 1.165) is 0 Å². The Balaban J connectivity index is 2.32. The highest BCUT2D eigenvalue weighted by molar-refractivity contribution is 5.55. The van der Waals surface area contributed by atoms with Gasteiger partial charge in [0.05, 0.1) is 0 Å². The predicted molar refractivity (Wildman–Crippen MR) is 75.2 cm³/mol. The van der Waals surface area contributed by atoms with Crippen molar-refractivity contribution >= 4 is 0 Å². The van der Waals surface area contributed by atoms with E-state index in [4.69, 9.17) is 9.26 Å². The molecule has 0 aliphatic heterocycles. The summed E-state index contributed by atoms with van der Waals surface area (Å²) in [6.07, 6.45) is -0.234. The lowest BCUT2D eigenvalue weighted by Crippen LogP contribution is -2.22. The Bertz CT molecular complexity index is 572. The fourth-order valence-electron chi connectivity index (χ4n) is 1.98. The summed E-state index contributed by atoms with van der Waals surface area (Å²) >= 11 is 0. The van der Waals surface area contributed by atoms with Gasteiger partial charge in [-0.25, -0.2) is 0 Å². The number of nitrogens with zero attached hydrogens (tertiary/aromatic N) is 2. The van der Waals surface area contributed by atoms with Crippen molar-refractivity contribution in [1.82, 2.24) is 10.1 Å². The minimum atomic E-state index is -0.234. The highest BCUT2D eigenvalue weighted by Crippen LogP contribution is 2.35. The van der Waals surface area contributed by atoms with Crippen LogP contribution in [0.2, 0.25) is 0 Å². The van der Waals surface area contributed by atoms with E-state index in [1.54, 1.807) is 18.2 Å². The molecule has 0 bridgehead atoms. The van der Waals surface area contributed by atoms with Crippen LogP contribution >= 0.6 is 0 Å². The van der Waals surface area contributed by atoms with E-state index < -0.39 is 0 Å². The predicted octanol–water partition coefficient (Wildman–Crippen LogP) is 3.57. The van der Waals surface area contributed by atoms with Crippen molar-refractivity contribution < 1.29 is 14.4 Å². The summed E-state index contributed by atoms with van der Waals surface area (Å²) < 4.78 is 11.0. The van der Waals surface area contributed by atoms with Crippen molar-refractivity contribution in [2.75, 3.05) is 6.61 Å².